The lowest BCUT2D eigenvalue weighted by molar-refractivity contribution is -0.167. The first kappa shape index (κ1) is 54.4. The standard InChI is InChI=1S/C50H96O6/c1-6-8-9-10-11-12-13-20-25-30-35-40-48(51)54-43-47(56-50(53)42-37-32-27-22-16-14-18-23-28-33-38-45(3)4)44-55-49(52)41-36-31-26-21-17-15-19-24-29-34-39-46(5)7-2/h45-47H,6-44H2,1-5H3/t46?,47-/m1/s1. The van der Waals surface area contributed by atoms with Gasteiger partial charge in [0.25, 0.3) is 0 Å². The molecule has 56 heavy (non-hydrogen) atoms. The van der Waals surface area contributed by atoms with Crippen LogP contribution < -0.4 is 0 Å². The summed E-state index contributed by atoms with van der Waals surface area (Å²) >= 11 is 0. The molecule has 0 radical (unpaired) electrons. The van der Waals surface area contributed by atoms with Crippen molar-refractivity contribution in [1.82, 2.24) is 0 Å². The maximum atomic E-state index is 12.7. The third-order valence-corrected chi connectivity index (χ3v) is 11.6. The third kappa shape index (κ3) is 42.0. The second-order valence-electron chi connectivity index (χ2n) is 17.8. The number of rotatable bonds is 44. The molecule has 0 bridgehead atoms. The molecule has 0 aliphatic heterocycles. The van der Waals surface area contributed by atoms with Gasteiger partial charge >= 0.3 is 17.9 Å². The summed E-state index contributed by atoms with van der Waals surface area (Å²) in [6.07, 6.45) is 42.2. The van der Waals surface area contributed by atoms with Gasteiger partial charge in [-0.3, -0.25) is 14.4 Å². The van der Waals surface area contributed by atoms with Crippen LogP contribution in [0.4, 0.5) is 0 Å². The fourth-order valence-corrected chi connectivity index (χ4v) is 7.43. The molecule has 0 aromatic rings. The van der Waals surface area contributed by atoms with Gasteiger partial charge < -0.3 is 14.2 Å². The predicted octanol–water partition coefficient (Wildman–Crippen LogP) is 15.8. The van der Waals surface area contributed by atoms with Gasteiger partial charge in [0.1, 0.15) is 13.2 Å². The van der Waals surface area contributed by atoms with Gasteiger partial charge in [-0.15, -0.1) is 0 Å². The SMILES string of the molecule is CCCCCCCCCCCCCC(=O)OC[C@H](COC(=O)CCCCCCCCCCCCC(C)CC)OC(=O)CCCCCCCCCCCCC(C)C. The molecule has 0 N–H and O–H groups in total. The van der Waals surface area contributed by atoms with Crippen molar-refractivity contribution in [1.29, 1.82) is 0 Å². The van der Waals surface area contributed by atoms with Crippen LogP contribution in [0.25, 0.3) is 0 Å². The van der Waals surface area contributed by atoms with E-state index in [0.29, 0.717) is 19.3 Å². The van der Waals surface area contributed by atoms with Crippen LogP contribution >= 0.6 is 0 Å². The number of unbranched alkanes of at least 4 members (excludes halogenated alkanes) is 28. The fraction of sp³-hybridized carbons (Fsp3) is 0.940. The van der Waals surface area contributed by atoms with Crippen molar-refractivity contribution in [3.05, 3.63) is 0 Å². The Morgan fingerprint density at radius 3 is 1.02 bits per heavy atom. The maximum absolute atomic E-state index is 12.7. The Kier molecular flexibility index (Phi) is 41.8. The van der Waals surface area contributed by atoms with Crippen molar-refractivity contribution in [2.45, 2.75) is 278 Å². The molecular weight excluding hydrogens is 697 g/mol. The van der Waals surface area contributed by atoms with Gasteiger partial charge in [0.2, 0.25) is 0 Å². The number of hydrogen-bond acceptors (Lipinski definition) is 6. The van der Waals surface area contributed by atoms with Crippen molar-refractivity contribution in [2.24, 2.45) is 11.8 Å². The Balaban J connectivity index is 4.33. The molecule has 0 aliphatic carbocycles. The molecule has 2 atom stereocenters. The van der Waals surface area contributed by atoms with Crippen LogP contribution in [0.1, 0.15) is 272 Å². The zero-order chi connectivity index (χ0) is 41.2. The minimum absolute atomic E-state index is 0.0643. The van der Waals surface area contributed by atoms with E-state index < -0.39 is 6.10 Å². The first-order chi connectivity index (χ1) is 27.3. The second kappa shape index (κ2) is 43.0. The van der Waals surface area contributed by atoms with Crippen molar-refractivity contribution < 1.29 is 28.6 Å². The van der Waals surface area contributed by atoms with Gasteiger partial charge in [-0.2, -0.15) is 0 Å². The zero-order valence-corrected chi connectivity index (χ0v) is 38.3. The topological polar surface area (TPSA) is 78.9 Å². The van der Waals surface area contributed by atoms with E-state index in [0.717, 1.165) is 69.6 Å². The van der Waals surface area contributed by atoms with Gasteiger partial charge in [0.05, 0.1) is 0 Å². The van der Waals surface area contributed by atoms with E-state index in [1.807, 2.05) is 0 Å². The fourth-order valence-electron chi connectivity index (χ4n) is 7.43. The Bertz CT molecular complexity index is 856. The quantitative estimate of drug-likeness (QED) is 0.0347. The van der Waals surface area contributed by atoms with Gasteiger partial charge in [-0.1, -0.05) is 234 Å². The van der Waals surface area contributed by atoms with E-state index in [9.17, 15) is 14.4 Å². The lowest BCUT2D eigenvalue weighted by Crippen LogP contribution is -2.30. The van der Waals surface area contributed by atoms with Crippen molar-refractivity contribution in [3.63, 3.8) is 0 Å². The summed E-state index contributed by atoms with van der Waals surface area (Å²) < 4.78 is 16.8. The van der Waals surface area contributed by atoms with Crippen LogP contribution in [-0.4, -0.2) is 37.2 Å². The molecule has 6 heteroatoms. The Labute approximate surface area is 348 Å². The van der Waals surface area contributed by atoms with E-state index in [1.54, 1.807) is 0 Å². The van der Waals surface area contributed by atoms with Crippen molar-refractivity contribution in [3.8, 4) is 0 Å². The number of esters is 3. The monoisotopic (exact) mass is 793 g/mol. The highest BCUT2D eigenvalue weighted by atomic mass is 16.6. The third-order valence-electron chi connectivity index (χ3n) is 11.6. The molecule has 0 saturated heterocycles. The molecular formula is C50H96O6. The van der Waals surface area contributed by atoms with Gasteiger partial charge in [-0.25, -0.2) is 0 Å². The maximum Gasteiger partial charge on any atom is 0.306 e. The molecule has 0 heterocycles. The average Bonchev–Trinajstić information content (AvgIpc) is 3.18. The zero-order valence-electron chi connectivity index (χ0n) is 38.3. The highest BCUT2D eigenvalue weighted by Gasteiger charge is 2.19. The molecule has 0 fully saturated rings. The van der Waals surface area contributed by atoms with Crippen molar-refractivity contribution >= 4 is 17.9 Å². The molecule has 6 nitrogen and oxygen atoms in total. The predicted molar refractivity (Wildman–Crippen MR) is 238 cm³/mol. The van der Waals surface area contributed by atoms with E-state index in [4.69, 9.17) is 14.2 Å². The number of hydrogen-bond donors (Lipinski definition) is 0. The van der Waals surface area contributed by atoms with Crippen molar-refractivity contribution in [2.75, 3.05) is 13.2 Å². The van der Waals surface area contributed by atoms with Crippen LogP contribution in [0.3, 0.4) is 0 Å². The molecule has 0 amide bonds. The Hall–Kier alpha value is -1.59. The highest BCUT2D eigenvalue weighted by Crippen LogP contribution is 2.17. The molecule has 1 unspecified atom stereocenters. The van der Waals surface area contributed by atoms with Crippen LogP contribution in [0.2, 0.25) is 0 Å². The summed E-state index contributed by atoms with van der Waals surface area (Å²) in [6.45, 7) is 11.4. The summed E-state index contributed by atoms with van der Waals surface area (Å²) in [5.74, 6) is 0.833. The second-order valence-corrected chi connectivity index (χ2v) is 17.8. The summed E-state index contributed by atoms with van der Waals surface area (Å²) in [6, 6.07) is 0. The summed E-state index contributed by atoms with van der Waals surface area (Å²) in [5.41, 5.74) is 0. The van der Waals surface area contributed by atoms with E-state index in [1.165, 1.54) is 161 Å². The molecule has 332 valence electrons. The molecule has 0 rings (SSSR count). The van der Waals surface area contributed by atoms with Gasteiger partial charge in [0, 0.05) is 19.3 Å². The average molecular weight is 793 g/mol. The first-order valence-corrected chi connectivity index (χ1v) is 24.8. The largest absolute Gasteiger partial charge is 0.462 e. The van der Waals surface area contributed by atoms with Crippen LogP contribution in [0.15, 0.2) is 0 Å². The van der Waals surface area contributed by atoms with E-state index in [-0.39, 0.29) is 31.1 Å². The van der Waals surface area contributed by atoms with Crippen LogP contribution in [0, 0.1) is 11.8 Å². The van der Waals surface area contributed by atoms with E-state index in [2.05, 4.69) is 34.6 Å². The Morgan fingerprint density at radius 2 is 0.679 bits per heavy atom. The van der Waals surface area contributed by atoms with Gasteiger partial charge in [0.15, 0.2) is 6.10 Å². The molecule has 0 aromatic carbocycles. The molecule has 0 aromatic heterocycles. The van der Waals surface area contributed by atoms with Crippen LogP contribution in [0.5, 0.6) is 0 Å². The summed E-state index contributed by atoms with van der Waals surface area (Å²) in [5, 5.41) is 0. The highest BCUT2D eigenvalue weighted by molar-refractivity contribution is 5.71. The number of carbonyl (C=O) groups is 3. The minimum atomic E-state index is -0.761. The lowest BCUT2D eigenvalue weighted by atomic mass is 9.99. The normalized spacial score (nSPS) is 12.5. The number of ether oxygens (including phenoxy) is 3. The first-order valence-electron chi connectivity index (χ1n) is 24.8. The molecule has 0 spiro atoms. The smallest absolute Gasteiger partial charge is 0.306 e. The lowest BCUT2D eigenvalue weighted by Gasteiger charge is -2.18. The van der Waals surface area contributed by atoms with E-state index >= 15 is 0 Å². The summed E-state index contributed by atoms with van der Waals surface area (Å²) in [7, 11) is 0. The summed E-state index contributed by atoms with van der Waals surface area (Å²) in [4.78, 5) is 37.8. The molecule has 0 saturated carbocycles. The number of carbonyl (C=O) groups excluding carboxylic acids is 3. The molecule has 0 aliphatic rings. The van der Waals surface area contributed by atoms with Crippen LogP contribution in [-0.2, 0) is 28.6 Å². The Morgan fingerprint density at radius 1 is 0.375 bits per heavy atom. The van der Waals surface area contributed by atoms with Gasteiger partial charge in [-0.05, 0) is 31.1 Å². The minimum Gasteiger partial charge on any atom is -0.462 e.